The van der Waals surface area contributed by atoms with Gasteiger partial charge in [0.1, 0.15) is 5.69 Å². The summed E-state index contributed by atoms with van der Waals surface area (Å²) in [6.07, 6.45) is 1.51. The Balaban J connectivity index is 1.78. The average molecular weight is 457 g/mol. The number of H-pyrrole nitrogens is 1. The third kappa shape index (κ3) is 4.22. The molecule has 0 aliphatic heterocycles. The Morgan fingerprint density at radius 3 is 2.65 bits per heavy atom. The third-order valence-electron chi connectivity index (χ3n) is 4.04. The van der Waals surface area contributed by atoms with Crippen LogP contribution < -0.4 is 15.2 Å². The van der Waals surface area contributed by atoms with Gasteiger partial charge < -0.3 is 19.7 Å². The van der Waals surface area contributed by atoms with Gasteiger partial charge in [0.2, 0.25) is 0 Å². The van der Waals surface area contributed by atoms with Crippen molar-refractivity contribution in [1.29, 1.82) is 0 Å². The van der Waals surface area contributed by atoms with Gasteiger partial charge >= 0.3 is 4.84 Å². The van der Waals surface area contributed by atoms with Crippen molar-refractivity contribution in [3.05, 3.63) is 58.3 Å². The van der Waals surface area contributed by atoms with E-state index in [9.17, 15) is 4.79 Å². The van der Waals surface area contributed by atoms with Crippen LogP contribution in [0.15, 0.2) is 47.1 Å². The lowest BCUT2D eigenvalue weighted by atomic mass is 10.2. The number of nitrogens with zero attached hydrogens (tertiary/aromatic N) is 4. The van der Waals surface area contributed by atoms with Crippen molar-refractivity contribution in [2.24, 2.45) is 5.73 Å². The summed E-state index contributed by atoms with van der Waals surface area (Å²) in [4.78, 5) is 28.9. The number of carbonyl (C=O) groups is 1. The number of nitrogens with one attached hydrogen (secondary N) is 1. The number of carbonyl (C=O) groups excluding carboxylic acids is 1. The van der Waals surface area contributed by atoms with Gasteiger partial charge in [0.15, 0.2) is 39.7 Å². The van der Waals surface area contributed by atoms with Gasteiger partial charge in [0.25, 0.3) is 5.91 Å². The van der Waals surface area contributed by atoms with Gasteiger partial charge in [-0.25, -0.2) is 9.97 Å². The molecule has 0 saturated carbocycles. The number of methoxy groups -OCH3 is 1. The summed E-state index contributed by atoms with van der Waals surface area (Å²) in [7, 11) is 1.49. The lowest BCUT2D eigenvalue weighted by Gasteiger charge is -2.13. The molecular weight excluding hydrogens is 444 g/mol. The maximum Gasteiger partial charge on any atom is 0.314 e. The Bertz CT molecular complexity index is 1340. The molecule has 3 N–H and O–H groups in total. The molecule has 10 nitrogen and oxygen atoms in total. The Labute approximate surface area is 185 Å². The van der Waals surface area contributed by atoms with Crippen molar-refractivity contribution in [2.45, 2.75) is 0 Å². The van der Waals surface area contributed by atoms with E-state index in [2.05, 4.69) is 25.1 Å². The Morgan fingerprint density at radius 2 is 1.97 bits per heavy atom. The standard InChI is InChI=1S/C19H13ClN6O4S/c1-28-11-4-2-3-5-12(11)29-14-13(16(21)27)23-17(24-15(14)20)9-6-7-22-10(8-9)18-25-19(31)30-26-18/h2-8H,1H3,(H2,21,27)(H,25,26,31). The Hall–Kier alpha value is -3.83. The number of rotatable bonds is 6. The highest BCUT2D eigenvalue weighted by Crippen LogP contribution is 2.37. The monoisotopic (exact) mass is 456 g/mol. The molecule has 156 valence electrons. The second-order valence-electron chi connectivity index (χ2n) is 5.99. The zero-order valence-corrected chi connectivity index (χ0v) is 17.4. The van der Waals surface area contributed by atoms with Crippen molar-refractivity contribution in [3.63, 3.8) is 0 Å². The minimum absolute atomic E-state index is 0.0374. The highest BCUT2D eigenvalue weighted by Gasteiger charge is 2.22. The fraction of sp³-hybridized carbons (Fsp3) is 0.0526. The highest BCUT2D eigenvalue weighted by molar-refractivity contribution is 7.71. The molecule has 3 aromatic heterocycles. The summed E-state index contributed by atoms with van der Waals surface area (Å²) in [6, 6.07) is 10.1. The molecule has 0 bridgehead atoms. The first-order valence-electron chi connectivity index (χ1n) is 8.66. The van der Waals surface area contributed by atoms with E-state index < -0.39 is 5.91 Å². The van der Waals surface area contributed by atoms with Gasteiger partial charge in [-0.15, -0.1) is 0 Å². The highest BCUT2D eigenvalue weighted by atomic mass is 35.5. The van der Waals surface area contributed by atoms with Crippen LogP contribution in [0.1, 0.15) is 10.5 Å². The first-order valence-corrected chi connectivity index (χ1v) is 9.45. The fourth-order valence-corrected chi connectivity index (χ4v) is 3.00. The zero-order valence-electron chi connectivity index (χ0n) is 15.8. The van der Waals surface area contributed by atoms with Crippen LogP contribution in [0.25, 0.3) is 22.9 Å². The number of primary amides is 1. The van der Waals surface area contributed by atoms with E-state index >= 15 is 0 Å². The van der Waals surface area contributed by atoms with Crippen molar-refractivity contribution >= 4 is 29.7 Å². The van der Waals surface area contributed by atoms with Crippen LogP contribution in [0.3, 0.4) is 0 Å². The average Bonchev–Trinajstić information content (AvgIpc) is 3.21. The number of pyridine rings is 1. The van der Waals surface area contributed by atoms with Crippen LogP contribution in [-0.4, -0.2) is 38.1 Å². The summed E-state index contributed by atoms with van der Waals surface area (Å²) in [5, 5.41) is 2.46. The van der Waals surface area contributed by atoms with E-state index in [1.165, 1.54) is 13.3 Å². The zero-order chi connectivity index (χ0) is 22.0. The summed E-state index contributed by atoms with van der Waals surface area (Å²) in [5.74, 6) is 0.281. The number of hydrogen-bond acceptors (Lipinski definition) is 9. The maximum absolute atomic E-state index is 12.1. The first kappa shape index (κ1) is 20.4. The minimum atomic E-state index is -0.842. The fourth-order valence-electron chi connectivity index (χ4n) is 2.66. The number of aromatic amines is 1. The summed E-state index contributed by atoms with van der Waals surface area (Å²) < 4.78 is 16.0. The Kier molecular flexibility index (Phi) is 5.60. The van der Waals surface area contributed by atoms with Gasteiger partial charge in [0, 0.05) is 11.8 Å². The number of hydrogen-bond donors (Lipinski definition) is 2. The third-order valence-corrected chi connectivity index (χ3v) is 4.47. The molecule has 0 aliphatic rings. The van der Waals surface area contributed by atoms with Crippen LogP contribution in [0.5, 0.6) is 17.2 Å². The van der Waals surface area contributed by atoms with Crippen LogP contribution in [0.4, 0.5) is 0 Å². The predicted molar refractivity (Wildman–Crippen MR) is 113 cm³/mol. The molecule has 0 atom stereocenters. The maximum atomic E-state index is 12.1. The van der Waals surface area contributed by atoms with Gasteiger partial charge in [0.05, 0.1) is 7.11 Å². The molecule has 4 aromatic rings. The van der Waals surface area contributed by atoms with E-state index in [-0.39, 0.29) is 27.3 Å². The number of benzene rings is 1. The van der Waals surface area contributed by atoms with Gasteiger partial charge in [-0.3, -0.25) is 9.78 Å². The number of aromatic nitrogens is 5. The molecule has 4 rings (SSSR count). The molecule has 0 spiro atoms. The molecule has 1 aromatic carbocycles. The van der Waals surface area contributed by atoms with E-state index in [4.69, 9.17) is 43.5 Å². The largest absolute Gasteiger partial charge is 0.493 e. The molecule has 1 amide bonds. The Morgan fingerprint density at radius 1 is 1.19 bits per heavy atom. The van der Waals surface area contributed by atoms with E-state index in [0.717, 1.165) is 0 Å². The number of para-hydroxylation sites is 2. The second-order valence-corrected chi connectivity index (χ2v) is 6.70. The number of ether oxygens (including phenoxy) is 2. The molecule has 0 aliphatic carbocycles. The van der Waals surface area contributed by atoms with Crippen LogP contribution in [0, 0.1) is 4.84 Å². The number of amides is 1. The number of halogens is 1. The number of nitrogens with two attached hydrogens (primary N) is 1. The van der Waals surface area contributed by atoms with Crippen molar-refractivity contribution < 1.29 is 18.8 Å². The van der Waals surface area contributed by atoms with E-state index in [1.807, 2.05) is 0 Å². The molecule has 3 heterocycles. The van der Waals surface area contributed by atoms with Crippen LogP contribution >= 0.6 is 23.8 Å². The van der Waals surface area contributed by atoms with Crippen LogP contribution in [-0.2, 0) is 0 Å². The molecule has 0 radical (unpaired) electrons. The molecule has 0 fully saturated rings. The van der Waals surface area contributed by atoms with Gasteiger partial charge in [-0.05, 0) is 36.5 Å². The summed E-state index contributed by atoms with van der Waals surface area (Å²) >= 11 is 11.2. The lowest BCUT2D eigenvalue weighted by molar-refractivity contribution is 0.0993. The topological polar surface area (TPSA) is 142 Å². The van der Waals surface area contributed by atoms with Crippen LogP contribution in [0.2, 0.25) is 5.15 Å². The second kappa shape index (κ2) is 8.50. The molecule has 31 heavy (non-hydrogen) atoms. The normalized spacial score (nSPS) is 10.6. The first-order chi connectivity index (χ1) is 15.0. The van der Waals surface area contributed by atoms with E-state index in [1.54, 1.807) is 36.4 Å². The van der Waals surface area contributed by atoms with E-state index in [0.29, 0.717) is 28.6 Å². The quantitative estimate of drug-likeness (QED) is 0.327. The van der Waals surface area contributed by atoms with Crippen molar-refractivity contribution in [1.82, 2.24) is 25.1 Å². The van der Waals surface area contributed by atoms with Gasteiger partial charge in [-0.2, -0.15) is 10.1 Å². The van der Waals surface area contributed by atoms with Crippen molar-refractivity contribution in [2.75, 3.05) is 7.11 Å². The molecular formula is C19H13ClN6O4S. The lowest BCUT2D eigenvalue weighted by Crippen LogP contribution is -2.16. The smallest absolute Gasteiger partial charge is 0.314 e. The molecule has 12 heteroatoms. The minimum Gasteiger partial charge on any atom is -0.493 e. The summed E-state index contributed by atoms with van der Waals surface area (Å²) in [5.41, 5.74) is 6.26. The molecule has 0 saturated heterocycles. The summed E-state index contributed by atoms with van der Waals surface area (Å²) in [6.45, 7) is 0. The van der Waals surface area contributed by atoms with Crippen molar-refractivity contribution in [3.8, 4) is 40.2 Å². The predicted octanol–water partition coefficient (Wildman–Crippen LogP) is 3.80. The van der Waals surface area contributed by atoms with Gasteiger partial charge in [-0.1, -0.05) is 23.7 Å². The molecule has 0 unspecified atom stereocenters. The SMILES string of the molecule is COc1ccccc1Oc1c(Cl)nc(-c2ccnc(-c3nc(=S)o[nH]3)c2)nc1C(N)=O.